The monoisotopic (exact) mass is 197 g/mol. The van der Waals surface area contributed by atoms with Gasteiger partial charge in [-0.05, 0) is 25.2 Å². The van der Waals surface area contributed by atoms with Crippen molar-refractivity contribution >= 4 is 0 Å². The molecule has 0 aliphatic carbocycles. The van der Waals surface area contributed by atoms with Crippen LogP contribution in [0, 0.1) is 0 Å². The molecule has 1 unspecified atom stereocenters. The molecular weight excluding hydrogens is 182 g/mol. The second kappa shape index (κ2) is 4.83. The van der Waals surface area contributed by atoms with Crippen molar-refractivity contribution in [2.45, 2.75) is 6.10 Å². The molecule has 0 aromatic heterocycles. The van der Waals surface area contributed by atoms with Crippen LogP contribution in [0.4, 0.5) is 0 Å². The molecule has 0 radical (unpaired) electrons. The normalized spacial score (nSPS) is 12.5. The molecule has 0 saturated carbocycles. The van der Waals surface area contributed by atoms with Crippen molar-refractivity contribution in [3.05, 3.63) is 23.8 Å². The average Bonchev–Trinajstić information content (AvgIpc) is 2.19. The molecule has 0 amide bonds. The van der Waals surface area contributed by atoms with Crippen LogP contribution in [0.3, 0.4) is 0 Å². The number of aromatic hydroxyl groups is 1. The van der Waals surface area contributed by atoms with Gasteiger partial charge in [-0.15, -0.1) is 0 Å². The van der Waals surface area contributed by atoms with Crippen LogP contribution in [0.5, 0.6) is 11.5 Å². The molecule has 4 heteroatoms. The Kier molecular flexibility index (Phi) is 3.73. The van der Waals surface area contributed by atoms with Gasteiger partial charge in [-0.3, -0.25) is 0 Å². The van der Waals surface area contributed by atoms with Crippen LogP contribution < -0.4 is 10.1 Å². The molecule has 0 heterocycles. The fourth-order valence-electron chi connectivity index (χ4n) is 1.23. The third kappa shape index (κ3) is 2.37. The van der Waals surface area contributed by atoms with Crippen LogP contribution in [0.1, 0.15) is 11.7 Å². The van der Waals surface area contributed by atoms with E-state index in [0.717, 1.165) is 0 Å². The molecular formula is C10H15NO3. The minimum atomic E-state index is -0.727. The van der Waals surface area contributed by atoms with Gasteiger partial charge in [0.2, 0.25) is 0 Å². The zero-order chi connectivity index (χ0) is 10.6. The Morgan fingerprint density at radius 1 is 1.50 bits per heavy atom. The number of hydrogen-bond donors (Lipinski definition) is 3. The van der Waals surface area contributed by atoms with Gasteiger partial charge in [0.15, 0.2) is 0 Å². The lowest BCUT2D eigenvalue weighted by Crippen LogP contribution is -2.16. The Bertz CT molecular complexity index is 301. The molecule has 14 heavy (non-hydrogen) atoms. The highest BCUT2D eigenvalue weighted by molar-refractivity contribution is 5.40. The zero-order valence-corrected chi connectivity index (χ0v) is 8.32. The van der Waals surface area contributed by atoms with Crippen LogP contribution in [0.2, 0.25) is 0 Å². The van der Waals surface area contributed by atoms with Crippen molar-refractivity contribution < 1.29 is 14.9 Å². The van der Waals surface area contributed by atoms with Crippen molar-refractivity contribution in [2.24, 2.45) is 0 Å². The first-order chi connectivity index (χ1) is 6.69. The number of aliphatic hydroxyl groups excluding tert-OH is 1. The highest BCUT2D eigenvalue weighted by Gasteiger charge is 2.12. The molecule has 0 aliphatic rings. The largest absolute Gasteiger partial charge is 0.508 e. The van der Waals surface area contributed by atoms with Crippen LogP contribution in [-0.4, -0.2) is 30.9 Å². The predicted molar refractivity (Wildman–Crippen MR) is 53.5 cm³/mol. The molecule has 78 valence electrons. The smallest absolute Gasteiger partial charge is 0.121 e. The number of likely N-dealkylation sites (N-methyl/N-ethyl adjacent to an activating group) is 1. The number of rotatable bonds is 4. The molecule has 1 aromatic rings. The summed E-state index contributed by atoms with van der Waals surface area (Å²) in [5.41, 5.74) is 0.471. The van der Waals surface area contributed by atoms with Crippen LogP contribution in [0.15, 0.2) is 18.2 Å². The van der Waals surface area contributed by atoms with E-state index in [4.69, 9.17) is 4.74 Å². The summed E-state index contributed by atoms with van der Waals surface area (Å²) in [7, 11) is 3.28. The van der Waals surface area contributed by atoms with Gasteiger partial charge in [0.25, 0.3) is 0 Å². The van der Waals surface area contributed by atoms with Gasteiger partial charge in [0.1, 0.15) is 11.5 Å². The molecule has 0 aliphatic heterocycles. The van der Waals surface area contributed by atoms with E-state index in [1.165, 1.54) is 6.07 Å². The SMILES string of the molecule is CNCC(O)c1cc(OC)ccc1O. The minimum Gasteiger partial charge on any atom is -0.508 e. The van der Waals surface area contributed by atoms with Gasteiger partial charge in [0.05, 0.1) is 13.2 Å². The number of ether oxygens (including phenoxy) is 1. The fraction of sp³-hybridized carbons (Fsp3) is 0.400. The fourth-order valence-corrected chi connectivity index (χ4v) is 1.23. The van der Waals surface area contributed by atoms with Crippen LogP contribution in [-0.2, 0) is 0 Å². The average molecular weight is 197 g/mol. The van der Waals surface area contributed by atoms with Gasteiger partial charge in [-0.2, -0.15) is 0 Å². The summed E-state index contributed by atoms with van der Waals surface area (Å²) in [4.78, 5) is 0. The third-order valence-electron chi connectivity index (χ3n) is 1.99. The minimum absolute atomic E-state index is 0.0774. The van der Waals surface area contributed by atoms with E-state index < -0.39 is 6.10 Å². The lowest BCUT2D eigenvalue weighted by Gasteiger charge is -2.13. The molecule has 0 fully saturated rings. The third-order valence-corrected chi connectivity index (χ3v) is 1.99. The number of hydrogen-bond acceptors (Lipinski definition) is 4. The summed E-state index contributed by atoms with van der Waals surface area (Å²) in [5.74, 6) is 0.696. The van der Waals surface area contributed by atoms with Crippen molar-refractivity contribution in [1.82, 2.24) is 5.32 Å². The predicted octanol–water partition coefficient (Wildman–Crippen LogP) is 0.654. The van der Waals surface area contributed by atoms with E-state index in [1.807, 2.05) is 0 Å². The van der Waals surface area contributed by atoms with E-state index in [1.54, 1.807) is 26.3 Å². The zero-order valence-electron chi connectivity index (χ0n) is 8.32. The first-order valence-corrected chi connectivity index (χ1v) is 4.38. The standard InChI is InChI=1S/C10H15NO3/c1-11-6-10(13)8-5-7(14-2)3-4-9(8)12/h3-5,10-13H,6H2,1-2H3. The summed E-state index contributed by atoms with van der Waals surface area (Å²) in [5, 5.41) is 22.0. The molecule has 3 N–H and O–H groups in total. The van der Waals surface area contributed by atoms with E-state index in [-0.39, 0.29) is 5.75 Å². The quantitative estimate of drug-likeness (QED) is 0.663. The number of benzene rings is 1. The number of methoxy groups -OCH3 is 1. The van der Waals surface area contributed by atoms with Gasteiger partial charge in [-0.25, -0.2) is 0 Å². The second-order valence-corrected chi connectivity index (χ2v) is 3.00. The van der Waals surface area contributed by atoms with E-state index in [2.05, 4.69) is 5.32 Å². The summed E-state index contributed by atoms with van der Waals surface area (Å²) in [6.45, 7) is 0.390. The van der Waals surface area contributed by atoms with Gasteiger partial charge < -0.3 is 20.3 Å². The number of phenols is 1. The molecule has 1 rings (SSSR count). The molecule has 0 bridgehead atoms. The van der Waals surface area contributed by atoms with Gasteiger partial charge in [0, 0.05) is 12.1 Å². The number of phenolic OH excluding ortho intramolecular Hbond substituents is 1. The molecule has 0 saturated heterocycles. The highest BCUT2D eigenvalue weighted by Crippen LogP contribution is 2.27. The van der Waals surface area contributed by atoms with E-state index in [9.17, 15) is 10.2 Å². The van der Waals surface area contributed by atoms with Crippen molar-refractivity contribution in [3.63, 3.8) is 0 Å². The van der Waals surface area contributed by atoms with Crippen LogP contribution >= 0.6 is 0 Å². The highest BCUT2D eigenvalue weighted by atomic mass is 16.5. The Morgan fingerprint density at radius 2 is 2.21 bits per heavy atom. The molecule has 1 aromatic carbocycles. The van der Waals surface area contributed by atoms with E-state index in [0.29, 0.717) is 17.9 Å². The summed E-state index contributed by atoms with van der Waals surface area (Å²) in [6.07, 6.45) is -0.727. The lowest BCUT2D eigenvalue weighted by atomic mass is 10.1. The summed E-state index contributed by atoms with van der Waals surface area (Å²) >= 11 is 0. The van der Waals surface area contributed by atoms with Crippen molar-refractivity contribution in [3.8, 4) is 11.5 Å². The lowest BCUT2D eigenvalue weighted by molar-refractivity contribution is 0.173. The van der Waals surface area contributed by atoms with Crippen LogP contribution in [0.25, 0.3) is 0 Å². The number of nitrogens with one attached hydrogen (secondary N) is 1. The summed E-state index contributed by atoms with van der Waals surface area (Å²) in [6, 6.07) is 4.77. The Morgan fingerprint density at radius 3 is 2.79 bits per heavy atom. The maximum atomic E-state index is 9.64. The van der Waals surface area contributed by atoms with Crippen molar-refractivity contribution in [2.75, 3.05) is 20.7 Å². The molecule has 4 nitrogen and oxygen atoms in total. The number of aliphatic hydroxyl groups is 1. The van der Waals surface area contributed by atoms with Gasteiger partial charge in [-0.1, -0.05) is 0 Å². The Balaban J connectivity index is 2.93. The Hall–Kier alpha value is -1.26. The summed E-state index contributed by atoms with van der Waals surface area (Å²) < 4.78 is 5.00. The first-order valence-electron chi connectivity index (χ1n) is 4.38. The molecule has 0 spiro atoms. The maximum absolute atomic E-state index is 9.64. The first kappa shape index (κ1) is 10.8. The van der Waals surface area contributed by atoms with Gasteiger partial charge >= 0.3 is 0 Å². The molecule has 1 atom stereocenters. The van der Waals surface area contributed by atoms with E-state index >= 15 is 0 Å². The van der Waals surface area contributed by atoms with Crippen molar-refractivity contribution in [1.29, 1.82) is 0 Å². The Labute approximate surface area is 83.1 Å². The maximum Gasteiger partial charge on any atom is 0.121 e. The second-order valence-electron chi connectivity index (χ2n) is 3.00. The topological polar surface area (TPSA) is 61.7 Å².